The Kier molecular flexibility index (Phi) is 4.07. The Hall–Kier alpha value is -1.22. The minimum absolute atomic E-state index is 0. The molecule has 3 nitrogen and oxygen atoms in total. The Bertz CT molecular complexity index is 173. The van der Waals surface area contributed by atoms with Gasteiger partial charge in [-0.2, -0.15) is 0 Å². The van der Waals surface area contributed by atoms with Gasteiger partial charge >= 0.3 is 0 Å². The van der Waals surface area contributed by atoms with E-state index < -0.39 is 0 Å². The maximum atomic E-state index is 5.15. The van der Waals surface area contributed by atoms with Crippen molar-refractivity contribution in [3.8, 4) is 5.75 Å². The van der Waals surface area contributed by atoms with Crippen LogP contribution in [-0.2, 0) is 0 Å². The lowest BCUT2D eigenvalue weighted by atomic mass is 10.3. The third-order valence-corrected chi connectivity index (χ3v) is 1.26. The van der Waals surface area contributed by atoms with Gasteiger partial charge in [0.15, 0.2) is 0 Å². The molecule has 0 fully saturated rings. The van der Waals surface area contributed by atoms with Crippen LogP contribution in [0.4, 0.5) is 5.69 Å². The average molecular weight is 154 g/mol. The van der Waals surface area contributed by atoms with Crippen molar-refractivity contribution < 1.29 is 4.74 Å². The van der Waals surface area contributed by atoms with Gasteiger partial charge < -0.3 is 10.2 Å². The molecule has 0 aliphatic heterocycles. The van der Waals surface area contributed by atoms with Crippen LogP contribution < -0.4 is 16.0 Å². The summed E-state index contributed by atoms with van der Waals surface area (Å²) in [6, 6.07) is 7.38. The lowest BCUT2D eigenvalue weighted by Gasteiger charge is -2.00. The summed E-state index contributed by atoms with van der Waals surface area (Å²) in [5.41, 5.74) is 3.40. The van der Waals surface area contributed by atoms with Crippen LogP contribution in [0, 0.1) is 0 Å². The van der Waals surface area contributed by atoms with E-state index in [1.165, 1.54) is 0 Å². The zero-order valence-electron chi connectivity index (χ0n) is 5.79. The highest BCUT2D eigenvalue weighted by Gasteiger charge is 1.88. The van der Waals surface area contributed by atoms with Gasteiger partial charge in [-0.05, 0) is 24.3 Å². The molecule has 3 N–H and O–H groups in total. The summed E-state index contributed by atoms with van der Waals surface area (Å²) in [5.74, 6) is 5.98. The standard InChI is InChI=1S/C7H10N2O.CH4/c1-10-7-4-2-6(9-8)3-5-7;/h2-5,9H,8H2,1H3;1H4. The minimum Gasteiger partial charge on any atom is -0.497 e. The van der Waals surface area contributed by atoms with Crippen LogP contribution in [-0.4, -0.2) is 7.11 Å². The molecule has 1 aromatic carbocycles. The molecule has 0 unspecified atom stereocenters. The Morgan fingerprint density at radius 1 is 1.27 bits per heavy atom. The van der Waals surface area contributed by atoms with Gasteiger partial charge in [-0.3, -0.25) is 5.84 Å². The van der Waals surface area contributed by atoms with Crippen LogP contribution in [0.25, 0.3) is 0 Å². The smallest absolute Gasteiger partial charge is 0.119 e. The second-order valence-electron chi connectivity index (χ2n) is 1.87. The van der Waals surface area contributed by atoms with Gasteiger partial charge in [0.2, 0.25) is 0 Å². The molecule has 3 heteroatoms. The van der Waals surface area contributed by atoms with Crippen LogP contribution in [0.5, 0.6) is 5.75 Å². The van der Waals surface area contributed by atoms with Crippen molar-refractivity contribution in [1.82, 2.24) is 0 Å². The first-order chi connectivity index (χ1) is 4.86. The Labute approximate surface area is 67.1 Å². The van der Waals surface area contributed by atoms with Gasteiger partial charge in [-0.15, -0.1) is 0 Å². The van der Waals surface area contributed by atoms with Gasteiger partial charge in [0.1, 0.15) is 5.75 Å². The summed E-state index contributed by atoms with van der Waals surface area (Å²) in [5, 5.41) is 0. The van der Waals surface area contributed by atoms with Crippen LogP contribution in [0.1, 0.15) is 7.43 Å². The number of hydrogen-bond acceptors (Lipinski definition) is 3. The molecular formula is C8H14N2O. The number of hydrogen-bond donors (Lipinski definition) is 2. The molecule has 1 rings (SSSR count). The molecule has 0 aliphatic carbocycles. The predicted octanol–water partition coefficient (Wildman–Crippen LogP) is 1.62. The van der Waals surface area contributed by atoms with E-state index in [1.807, 2.05) is 24.3 Å². The van der Waals surface area contributed by atoms with Crippen molar-refractivity contribution in [2.45, 2.75) is 7.43 Å². The second-order valence-corrected chi connectivity index (χ2v) is 1.87. The molecule has 0 saturated carbocycles. The van der Waals surface area contributed by atoms with Crippen molar-refractivity contribution in [3.05, 3.63) is 24.3 Å². The third-order valence-electron chi connectivity index (χ3n) is 1.26. The molecule has 0 bridgehead atoms. The number of nitrogens with one attached hydrogen (secondary N) is 1. The molecular weight excluding hydrogens is 140 g/mol. The Balaban J connectivity index is 0.000001000. The van der Waals surface area contributed by atoms with E-state index in [4.69, 9.17) is 10.6 Å². The maximum absolute atomic E-state index is 5.15. The first-order valence-corrected chi connectivity index (χ1v) is 2.97. The molecule has 0 radical (unpaired) electrons. The Morgan fingerprint density at radius 3 is 2.18 bits per heavy atom. The van der Waals surface area contributed by atoms with Gasteiger partial charge in [0.25, 0.3) is 0 Å². The van der Waals surface area contributed by atoms with Gasteiger partial charge in [0, 0.05) is 5.69 Å². The zero-order valence-corrected chi connectivity index (χ0v) is 5.79. The van der Waals surface area contributed by atoms with Crippen LogP contribution in [0.3, 0.4) is 0 Å². The fourth-order valence-electron chi connectivity index (χ4n) is 0.687. The van der Waals surface area contributed by atoms with Crippen molar-refractivity contribution >= 4 is 5.69 Å². The summed E-state index contributed by atoms with van der Waals surface area (Å²) in [6.45, 7) is 0. The van der Waals surface area contributed by atoms with Crippen LogP contribution in [0.2, 0.25) is 0 Å². The second kappa shape index (κ2) is 4.57. The molecule has 0 aromatic heterocycles. The molecule has 0 amide bonds. The Morgan fingerprint density at radius 2 is 1.82 bits per heavy atom. The van der Waals surface area contributed by atoms with E-state index >= 15 is 0 Å². The molecule has 0 saturated heterocycles. The van der Waals surface area contributed by atoms with Gasteiger partial charge in [0.05, 0.1) is 7.11 Å². The number of ether oxygens (including phenoxy) is 1. The van der Waals surface area contributed by atoms with E-state index in [0.717, 1.165) is 11.4 Å². The number of methoxy groups -OCH3 is 1. The summed E-state index contributed by atoms with van der Waals surface area (Å²) in [6.07, 6.45) is 0. The first kappa shape index (κ1) is 9.78. The molecule has 62 valence electrons. The highest BCUT2D eigenvalue weighted by Crippen LogP contribution is 2.13. The topological polar surface area (TPSA) is 47.3 Å². The van der Waals surface area contributed by atoms with E-state index in [2.05, 4.69) is 5.43 Å². The van der Waals surface area contributed by atoms with Gasteiger partial charge in [-0.25, -0.2) is 0 Å². The number of nitrogen functional groups attached to an aromatic ring is 1. The monoisotopic (exact) mass is 154 g/mol. The first-order valence-electron chi connectivity index (χ1n) is 2.97. The predicted molar refractivity (Wildman–Crippen MR) is 47.5 cm³/mol. The van der Waals surface area contributed by atoms with Crippen molar-refractivity contribution in [1.29, 1.82) is 0 Å². The molecule has 11 heavy (non-hydrogen) atoms. The molecule has 0 spiro atoms. The number of anilines is 1. The normalized spacial score (nSPS) is 8.18. The largest absolute Gasteiger partial charge is 0.497 e. The van der Waals surface area contributed by atoms with E-state index in [0.29, 0.717) is 0 Å². The summed E-state index contributed by atoms with van der Waals surface area (Å²) in [7, 11) is 1.63. The number of rotatable bonds is 2. The summed E-state index contributed by atoms with van der Waals surface area (Å²) in [4.78, 5) is 0. The third kappa shape index (κ3) is 2.47. The molecule has 0 heterocycles. The summed E-state index contributed by atoms with van der Waals surface area (Å²) < 4.78 is 4.95. The van der Waals surface area contributed by atoms with E-state index in [-0.39, 0.29) is 7.43 Å². The number of hydrazine groups is 1. The molecule has 0 aliphatic rings. The number of nitrogens with two attached hydrogens (primary N) is 1. The van der Waals surface area contributed by atoms with Crippen LogP contribution >= 0.6 is 0 Å². The van der Waals surface area contributed by atoms with Gasteiger partial charge in [-0.1, -0.05) is 7.43 Å². The van der Waals surface area contributed by atoms with Crippen molar-refractivity contribution in [2.24, 2.45) is 5.84 Å². The highest BCUT2D eigenvalue weighted by atomic mass is 16.5. The maximum Gasteiger partial charge on any atom is 0.119 e. The number of benzene rings is 1. The molecule has 1 aromatic rings. The van der Waals surface area contributed by atoms with Crippen molar-refractivity contribution in [2.75, 3.05) is 12.5 Å². The van der Waals surface area contributed by atoms with E-state index in [1.54, 1.807) is 7.11 Å². The lowest BCUT2D eigenvalue weighted by molar-refractivity contribution is 0.415. The highest BCUT2D eigenvalue weighted by molar-refractivity contribution is 5.44. The van der Waals surface area contributed by atoms with Crippen molar-refractivity contribution in [3.63, 3.8) is 0 Å². The average Bonchev–Trinajstić information content (AvgIpc) is 2.05. The quantitative estimate of drug-likeness (QED) is 0.502. The summed E-state index contributed by atoms with van der Waals surface area (Å²) >= 11 is 0. The molecule has 0 atom stereocenters. The van der Waals surface area contributed by atoms with Crippen LogP contribution in [0.15, 0.2) is 24.3 Å². The zero-order chi connectivity index (χ0) is 7.40. The fourth-order valence-corrected chi connectivity index (χ4v) is 0.687. The minimum atomic E-state index is 0. The SMILES string of the molecule is C.COc1ccc(NN)cc1. The lowest BCUT2D eigenvalue weighted by Crippen LogP contribution is -2.05. The van der Waals surface area contributed by atoms with E-state index in [9.17, 15) is 0 Å². The fraction of sp³-hybridized carbons (Fsp3) is 0.250.